The van der Waals surface area contributed by atoms with Crippen LogP contribution in [0.3, 0.4) is 0 Å². The van der Waals surface area contributed by atoms with Crippen molar-refractivity contribution in [1.29, 1.82) is 0 Å². The van der Waals surface area contributed by atoms with Crippen LogP contribution in [0.15, 0.2) is 28.8 Å². The van der Waals surface area contributed by atoms with E-state index in [9.17, 15) is 9.59 Å². The summed E-state index contributed by atoms with van der Waals surface area (Å²) in [4.78, 5) is 27.6. The van der Waals surface area contributed by atoms with Gasteiger partial charge in [-0.2, -0.15) is 0 Å². The van der Waals surface area contributed by atoms with Gasteiger partial charge in [-0.3, -0.25) is 9.59 Å². The van der Waals surface area contributed by atoms with Crippen molar-refractivity contribution in [2.24, 2.45) is 0 Å². The van der Waals surface area contributed by atoms with Crippen LogP contribution in [0.5, 0.6) is 0 Å². The zero-order valence-electron chi connectivity index (χ0n) is 16.0. The van der Waals surface area contributed by atoms with Crippen LogP contribution in [-0.2, 0) is 21.5 Å². The summed E-state index contributed by atoms with van der Waals surface area (Å²) in [6, 6.07) is 8.25. The van der Waals surface area contributed by atoms with E-state index < -0.39 is 5.41 Å². The van der Waals surface area contributed by atoms with Crippen molar-refractivity contribution in [3.05, 3.63) is 52.4 Å². The van der Waals surface area contributed by atoms with E-state index >= 15 is 0 Å². The Kier molecular flexibility index (Phi) is 4.29. The van der Waals surface area contributed by atoms with Crippen molar-refractivity contribution >= 4 is 11.8 Å². The van der Waals surface area contributed by atoms with Crippen molar-refractivity contribution in [3.8, 4) is 0 Å². The molecule has 0 aliphatic carbocycles. The number of aromatic nitrogens is 1. The topological polar surface area (TPSA) is 75.4 Å². The number of fused-ring (bicyclic) bond motifs is 1. The van der Waals surface area contributed by atoms with Crippen LogP contribution in [-0.4, -0.2) is 34.5 Å². The van der Waals surface area contributed by atoms with Gasteiger partial charge in [0.15, 0.2) is 0 Å². The number of carbonyl (C=O) groups is 2. The number of carbonyl (C=O) groups excluding carboxylic acids is 2. The monoisotopic (exact) mass is 367 g/mol. The number of benzene rings is 1. The van der Waals surface area contributed by atoms with E-state index in [1.165, 1.54) is 0 Å². The van der Waals surface area contributed by atoms with Crippen LogP contribution in [0, 0.1) is 20.8 Å². The van der Waals surface area contributed by atoms with Gasteiger partial charge in [0, 0.05) is 31.1 Å². The fourth-order valence-electron chi connectivity index (χ4n) is 4.52. The number of nitrogens with one attached hydrogen (secondary N) is 1. The summed E-state index contributed by atoms with van der Waals surface area (Å²) in [5.41, 5.74) is 3.10. The normalized spacial score (nSPS) is 24.3. The number of nitrogens with zero attached hydrogens (tertiary/aromatic N) is 2. The molecule has 1 aromatic heterocycles. The first-order valence-electron chi connectivity index (χ1n) is 9.47. The van der Waals surface area contributed by atoms with Crippen molar-refractivity contribution in [1.82, 2.24) is 15.4 Å². The Bertz CT molecular complexity index is 884. The Morgan fingerprint density at radius 1 is 1.37 bits per heavy atom. The number of aryl methyl sites for hydroxylation is 3. The van der Waals surface area contributed by atoms with E-state index in [0.717, 1.165) is 34.6 Å². The molecule has 0 bridgehead atoms. The molecule has 2 unspecified atom stereocenters. The second-order valence-corrected chi connectivity index (χ2v) is 7.86. The average molecular weight is 367 g/mol. The molecule has 2 aliphatic heterocycles. The summed E-state index contributed by atoms with van der Waals surface area (Å²) in [5, 5.41) is 7.05. The van der Waals surface area contributed by atoms with Crippen molar-refractivity contribution in [2.75, 3.05) is 6.54 Å². The number of amides is 2. The summed E-state index contributed by atoms with van der Waals surface area (Å²) < 4.78 is 5.20. The van der Waals surface area contributed by atoms with Crippen molar-refractivity contribution in [2.45, 2.75) is 58.0 Å². The van der Waals surface area contributed by atoms with E-state index in [2.05, 4.69) is 16.5 Å². The Hall–Kier alpha value is -2.63. The number of rotatable bonds is 4. The lowest BCUT2D eigenvalue weighted by atomic mass is 9.76. The molecule has 0 radical (unpaired) electrons. The van der Waals surface area contributed by atoms with Gasteiger partial charge >= 0.3 is 0 Å². The molecular formula is C21H25N3O3. The molecule has 2 amide bonds. The standard InChI is InChI=1S/C21H25N3O3/c1-13-5-4-6-16(9-13)21(10-17-7-8-19(25)24(17)12-21)20(26)22-11-18-14(2)23-27-15(18)3/h4-6,9,17H,7-8,10-12H2,1-3H3,(H,22,26). The molecule has 2 saturated heterocycles. The Labute approximate surface area is 158 Å². The van der Waals surface area contributed by atoms with Gasteiger partial charge in [0.05, 0.1) is 11.1 Å². The first-order chi connectivity index (χ1) is 12.9. The minimum atomic E-state index is -0.703. The highest BCUT2D eigenvalue weighted by Crippen LogP contribution is 2.43. The maximum atomic E-state index is 13.4. The zero-order valence-corrected chi connectivity index (χ0v) is 16.0. The van der Waals surface area contributed by atoms with Crippen LogP contribution >= 0.6 is 0 Å². The fourth-order valence-corrected chi connectivity index (χ4v) is 4.52. The molecule has 6 nitrogen and oxygen atoms in total. The van der Waals surface area contributed by atoms with E-state index in [-0.39, 0.29) is 17.9 Å². The minimum absolute atomic E-state index is 0.0321. The largest absolute Gasteiger partial charge is 0.361 e. The van der Waals surface area contributed by atoms with E-state index in [4.69, 9.17) is 4.52 Å². The lowest BCUT2D eigenvalue weighted by molar-refractivity contribution is -0.129. The van der Waals surface area contributed by atoms with Gasteiger partial charge in [0.1, 0.15) is 5.76 Å². The Morgan fingerprint density at radius 3 is 2.85 bits per heavy atom. The molecule has 2 aliphatic rings. The molecule has 3 heterocycles. The molecule has 142 valence electrons. The third kappa shape index (κ3) is 2.93. The molecule has 1 N–H and O–H groups in total. The van der Waals surface area contributed by atoms with Crippen molar-refractivity contribution in [3.63, 3.8) is 0 Å². The molecule has 27 heavy (non-hydrogen) atoms. The molecule has 4 rings (SSSR count). The number of hydrogen-bond donors (Lipinski definition) is 1. The van der Waals surface area contributed by atoms with Gasteiger partial charge in [-0.1, -0.05) is 35.0 Å². The SMILES string of the molecule is Cc1cccc(C2(C(=O)NCc3c(C)noc3C)CC3CCC(=O)N3C2)c1. The predicted molar refractivity (Wildman–Crippen MR) is 100 cm³/mol. The molecular weight excluding hydrogens is 342 g/mol. The lowest BCUT2D eigenvalue weighted by Gasteiger charge is -2.29. The van der Waals surface area contributed by atoms with Gasteiger partial charge in [-0.05, 0) is 39.2 Å². The number of hydrogen-bond acceptors (Lipinski definition) is 4. The summed E-state index contributed by atoms with van der Waals surface area (Å²) in [5.74, 6) is 0.850. The molecule has 2 atom stereocenters. The molecule has 2 aromatic rings. The molecule has 1 aromatic carbocycles. The second-order valence-electron chi connectivity index (χ2n) is 7.86. The lowest BCUT2D eigenvalue weighted by Crippen LogP contribution is -2.47. The van der Waals surface area contributed by atoms with Crippen LogP contribution in [0.1, 0.15) is 47.4 Å². The third-order valence-corrected chi connectivity index (χ3v) is 6.09. The Balaban J connectivity index is 1.64. The van der Waals surface area contributed by atoms with Gasteiger partial charge in [0.25, 0.3) is 0 Å². The molecule has 0 spiro atoms. The minimum Gasteiger partial charge on any atom is -0.361 e. The van der Waals surface area contributed by atoms with E-state index in [1.54, 1.807) is 0 Å². The highest BCUT2D eigenvalue weighted by molar-refractivity contribution is 5.91. The second kappa shape index (κ2) is 6.51. The maximum Gasteiger partial charge on any atom is 0.232 e. The fraction of sp³-hybridized carbons (Fsp3) is 0.476. The highest BCUT2D eigenvalue weighted by Gasteiger charge is 2.53. The van der Waals surface area contributed by atoms with Gasteiger partial charge in [0.2, 0.25) is 11.8 Å². The molecule has 2 fully saturated rings. The Morgan fingerprint density at radius 2 is 2.19 bits per heavy atom. The van der Waals surface area contributed by atoms with Crippen LogP contribution in [0.2, 0.25) is 0 Å². The van der Waals surface area contributed by atoms with Crippen LogP contribution in [0.4, 0.5) is 0 Å². The summed E-state index contributed by atoms with van der Waals surface area (Å²) in [6.07, 6.45) is 2.11. The molecule has 6 heteroatoms. The van der Waals surface area contributed by atoms with Gasteiger partial charge in [-0.25, -0.2) is 0 Å². The van der Waals surface area contributed by atoms with Gasteiger partial charge < -0.3 is 14.7 Å². The van der Waals surface area contributed by atoms with Crippen LogP contribution < -0.4 is 5.32 Å². The van der Waals surface area contributed by atoms with Crippen LogP contribution in [0.25, 0.3) is 0 Å². The average Bonchev–Trinajstić information content (AvgIpc) is 3.29. The quantitative estimate of drug-likeness (QED) is 0.901. The summed E-state index contributed by atoms with van der Waals surface area (Å²) in [7, 11) is 0. The zero-order chi connectivity index (χ0) is 19.2. The predicted octanol–water partition coefficient (Wildman–Crippen LogP) is 2.55. The smallest absolute Gasteiger partial charge is 0.232 e. The molecule has 0 saturated carbocycles. The first-order valence-corrected chi connectivity index (χ1v) is 9.47. The summed E-state index contributed by atoms with van der Waals surface area (Å²) in [6.45, 7) is 6.58. The summed E-state index contributed by atoms with van der Waals surface area (Å²) >= 11 is 0. The van der Waals surface area contributed by atoms with Crippen molar-refractivity contribution < 1.29 is 14.1 Å². The highest BCUT2D eigenvalue weighted by atomic mass is 16.5. The van der Waals surface area contributed by atoms with Gasteiger partial charge in [-0.15, -0.1) is 0 Å². The van der Waals surface area contributed by atoms with E-state index in [1.807, 2.05) is 43.9 Å². The maximum absolute atomic E-state index is 13.4. The first kappa shape index (κ1) is 17.8. The third-order valence-electron chi connectivity index (χ3n) is 6.09. The van der Waals surface area contributed by atoms with E-state index in [0.29, 0.717) is 25.9 Å².